The molecule has 8 aliphatic heterocycles. The van der Waals surface area contributed by atoms with Gasteiger partial charge in [-0.25, -0.2) is 62.4 Å². The van der Waals surface area contributed by atoms with Crippen molar-refractivity contribution in [3.8, 4) is 0 Å². The number of likely N-dealkylation sites (tertiary alicyclic amines) is 1. The maximum absolute atomic E-state index is 13.8. The fourth-order valence-electron chi connectivity index (χ4n) is 17.9. The average molecular weight is 1880 g/mol. The number of rotatable bonds is 21. The number of piperidine rings is 1. The van der Waals surface area contributed by atoms with Crippen molar-refractivity contribution in [3.05, 3.63) is 268 Å². The number of hydrogen-bond acceptors (Lipinski definition) is 24. The highest BCUT2D eigenvalue weighted by atomic mass is 32.2. The molecule has 127 heavy (non-hydrogen) atoms. The highest BCUT2D eigenvalue weighted by Gasteiger charge is 2.45. The Labute approximate surface area is 758 Å². The molecule has 5 atom stereocenters. The van der Waals surface area contributed by atoms with Crippen LogP contribution in [0.1, 0.15) is 86.3 Å². The summed E-state index contributed by atoms with van der Waals surface area (Å²) >= 11 is 4.83. The molecular weight excluding hydrogens is 1780 g/mol. The van der Waals surface area contributed by atoms with Gasteiger partial charge in [0.15, 0.2) is 32.2 Å². The van der Waals surface area contributed by atoms with Crippen molar-refractivity contribution >= 4 is 169 Å². The zero-order valence-electron chi connectivity index (χ0n) is 68.7. The van der Waals surface area contributed by atoms with E-state index in [4.69, 9.17) is 0 Å². The van der Waals surface area contributed by atoms with E-state index in [0.29, 0.717) is 95.2 Å². The fourth-order valence-corrected chi connectivity index (χ4v) is 25.0. The summed E-state index contributed by atoms with van der Waals surface area (Å²) in [6.45, 7) is 9.80. The Morgan fingerprint density at radius 3 is 1.18 bits per heavy atom. The second kappa shape index (κ2) is 37.0. The van der Waals surface area contributed by atoms with Crippen LogP contribution in [0.3, 0.4) is 0 Å². The first-order chi connectivity index (χ1) is 61.2. The van der Waals surface area contributed by atoms with Gasteiger partial charge in [-0.3, -0.25) is 43.0 Å². The Morgan fingerprint density at radius 1 is 0.378 bits per heavy atom. The summed E-state index contributed by atoms with van der Waals surface area (Å²) in [6, 6.07) is 52.2. The van der Waals surface area contributed by atoms with E-state index >= 15 is 0 Å². The lowest BCUT2D eigenvalue weighted by Crippen LogP contribution is -2.45. The van der Waals surface area contributed by atoms with Crippen LogP contribution in [0.5, 0.6) is 0 Å². The van der Waals surface area contributed by atoms with Gasteiger partial charge in [-0.1, -0.05) is 60.7 Å². The Balaban J connectivity index is 0.000000157. The Morgan fingerprint density at radius 2 is 0.748 bits per heavy atom. The zero-order chi connectivity index (χ0) is 88.5. The van der Waals surface area contributed by atoms with E-state index in [1.807, 2.05) is 29.2 Å². The van der Waals surface area contributed by atoms with Gasteiger partial charge in [-0.05, 0) is 234 Å². The van der Waals surface area contributed by atoms with Crippen LogP contribution >= 0.6 is 45.3 Å². The second-order valence-corrected chi connectivity index (χ2v) is 41.9. The molecule has 3 unspecified atom stereocenters. The number of aryl methyl sites for hydroxylation is 1. The van der Waals surface area contributed by atoms with Crippen LogP contribution < -0.4 is 53.2 Å². The SMILES string of the molecule is CC1Cc2ccccc2N1[C@@H]1CCN(c2ccc(S(=O)(=O)Nc3nccs3)cc2)C1=O.Cc1cccc2c1CCN2C1CCN(c2ccc(S(=O)(=O)Nc3nccs3)cc2)C1=O.O=C1C(N2CCc3cc(F)c(F)cc32)CCN1c1ccc(S(=O)(=O)Nc2nccs2)cc1.O=C1[C@@H](N2CCC(c3ccccc3)CC2)CCN1c1ccc(S(=O)(=O)Nc2nccs2)cc1.[HH].[HH].[HH].[HH].[HH]. The molecule has 38 heteroatoms. The lowest BCUT2D eigenvalue weighted by molar-refractivity contribution is -0.122. The monoisotopic (exact) mass is 1880 g/mol. The fraction of sp³-hybridized carbons (Fsp3) is 0.281. The first-order valence-electron chi connectivity index (χ1n) is 41.3. The van der Waals surface area contributed by atoms with Crippen molar-refractivity contribution in [2.75, 3.05) is 106 Å². The molecule has 20 rings (SSSR count). The van der Waals surface area contributed by atoms with E-state index < -0.39 is 57.8 Å². The molecule has 8 aromatic carbocycles. The van der Waals surface area contributed by atoms with Gasteiger partial charge in [-0.15, -0.1) is 45.3 Å². The standard InChI is InChI=1S/C24H26N4O3S2.2C22H22N4O3S2.C21H18F2N4O3S2.5H2/c29-23-22(27-14-10-19(11-15-27)18-4-2-1-3-5-18)12-16-28(23)20-6-8-21(9-7-20)33(30,31)26-24-25-13-17-32-24;1-15-3-2-4-19-18(15)9-12-26(19)20-10-13-25(21(20)27)16-5-7-17(8-6-16)31(28,29)24-22-23-11-14-30-22;1-15-14-16-4-2-3-5-19(16)26(15)20-10-12-25(21(20)27)17-6-8-18(9-7-17)31(28,29)24-22-23-11-13-30-22;22-16-11-13-5-8-27(19(13)12-17(16)23)18-6-9-26(20(18)28)14-1-3-15(4-2-14)32(29,30)25-21-24-7-10-31-21;;;;;/h1-9,13,17,19,22H,10-12,14-16H2,(H,25,26);2-8,11,14,20H,9-10,12-13H2,1H3,(H,23,24);2-9,11,13,15,20H,10,12,14H2,1H3,(H,23,24);1-4,7,10-12,18H,5-6,8-9H2,(H,24,25);5*1H/t22-;;15?,20-;;;;;;/m0.1....../s1. The molecule has 4 amide bonds. The summed E-state index contributed by atoms with van der Waals surface area (Å²) in [5, 5.41) is 8.03. The quantitative estimate of drug-likeness (QED) is 0.0519. The number of carbonyl (C=O) groups is 4. The third kappa shape index (κ3) is 18.8. The predicted octanol–water partition coefficient (Wildman–Crippen LogP) is 15.5. The number of aromatic nitrogens is 4. The molecule has 0 saturated carbocycles. The molecule has 8 aliphatic rings. The van der Waals surface area contributed by atoms with Crippen LogP contribution in [-0.2, 0) is 78.5 Å². The number of anilines is 11. The van der Waals surface area contributed by atoms with Crippen LogP contribution in [0.15, 0.2) is 248 Å². The Hall–Kier alpha value is -11.6. The number of sulfonamides is 4. The molecule has 0 aliphatic carbocycles. The van der Waals surface area contributed by atoms with Gasteiger partial charge in [0.2, 0.25) is 23.6 Å². The molecule has 12 heterocycles. The molecule has 0 spiro atoms. The Kier molecular flexibility index (Phi) is 25.5. The first-order valence-corrected chi connectivity index (χ1v) is 50.8. The summed E-state index contributed by atoms with van der Waals surface area (Å²) in [5.41, 5.74) is 11.5. The number of thiazole rings is 4. The molecule has 4 N–H and O–H groups in total. The Bertz CT molecular complexity index is 6510. The van der Waals surface area contributed by atoms with E-state index in [-0.39, 0.29) is 79.6 Å². The van der Waals surface area contributed by atoms with Crippen molar-refractivity contribution in [3.63, 3.8) is 0 Å². The minimum Gasteiger partial charge on any atom is -0.359 e. The molecule has 668 valence electrons. The smallest absolute Gasteiger partial charge is 0.263 e. The largest absolute Gasteiger partial charge is 0.359 e. The van der Waals surface area contributed by atoms with Crippen molar-refractivity contribution < 1.29 is 68.8 Å². The predicted molar refractivity (Wildman–Crippen MR) is 503 cm³/mol. The van der Waals surface area contributed by atoms with Gasteiger partial charge in [0.1, 0.15) is 18.1 Å². The maximum atomic E-state index is 13.8. The summed E-state index contributed by atoms with van der Waals surface area (Å²) in [4.78, 5) is 84.6. The first kappa shape index (κ1) is 87.5. The molecule has 0 radical (unpaired) electrons. The van der Waals surface area contributed by atoms with Gasteiger partial charge >= 0.3 is 0 Å². The number of carbonyl (C=O) groups excluding carboxylic acids is 4. The normalized spacial score (nSPS) is 19.5. The van der Waals surface area contributed by atoms with Crippen molar-refractivity contribution in [2.45, 2.75) is 127 Å². The molecular formula is C89H98F2N16O12S8. The summed E-state index contributed by atoms with van der Waals surface area (Å²) in [6.07, 6.45) is 13.5. The van der Waals surface area contributed by atoms with E-state index in [1.165, 1.54) is 128 Å². The van der Waals surface area contributed by atoms with Crippen LogP contribution in [0.4, 0.5) is 69.1 Å². The maximum Gasteiger partial charge on any atom is 0.263 e. The van der Waals surface area contributed by atoms with E-state index in [9.17, 15) is 61.6 Å². The van der Waals surface area contributed by atoms with E-state index in [0.717, 1.165) is 87.7 Å². The van der Waals surface area contributed by atoms with Gasteiger partial charge in [0.25, 0.3) is 40.1 Å². The third-order valence-electron chi connectivity index (χ3n) is 24.1. The van der Waals surface area contributed by atoms with Gasteiger partial charge < -0.3 is 34.3 Å². The van der Waals surface area contributed by atoms with Crippen molar-refractivity contribution in [2.24, 2.45) is 0 Å². The lowest BCUT2D eigenvalue weighted by atomic mass is 9.89. The van der Waals surface area contributed by atoms with Crippen molar-refractivity contribution in [1.82, 2.24) is 24.8 Å². The number of nitrogens with zero attached hydrogens (tertiary/aromatic N) is 12. The number of nitrogens with one attached hydrogen (secondary N) is 4. The van der Waals surface area contributed by atoms with E-state index in [2.05, 4.69) is 116 Å². The minimum absolute atomic E-state index is 0. The van der Waals surface area contributed by atoms with Gasteiger partial charge in [-0.2, -0.15) is 0 Å². The number of para-hydroxylation sites is 1. The third-order valence-corrected chi connectivity index (χ3v) is 32.8. The topological polar surface area (TPSA) is 330 Å². The number of amides is 4. The average Bonchev–Trinajstić information content (AvgIpc) is 1.62. The van der Waals surface area contributed by atoms with Crippen LogP contribution in [0.2, 0.25) is 0 Å². The number of fused-ring (bicyclic) bond motifs is 3. The number of benzene rings is 8. The highest BCUT2D eigenvalue weighted by Crippen LogP contribution is 2.42. The van der Waals surface area contributed by atoms with Crippen LogP contribution in [0.25, 0.3) is 0 Å². The minimum atomic E-state index is -3.78. The van der Waals surface area contributed by atoms with Crippen molar-refractivity contribution in [1.29, 1.82) is 0 Å². The summed E-state index contributed by atoms with van der Waals surface area (Å²) in [5.74, 6) is -1.19. The lowest BCUT2D eigenvalue weighted by Gasteiger charge is -2.35. The zero-order valence-corrected chi connectivity index (χ0v) is 75.2. The molecule has 0 bridgehead atoms. The molecule has 12 aromatic rings. The molecule has 5 saturated heterocycles. The second-order valence-electron chi connectivity index (χ2n) is 31.6. The van der Waals surface area contributed by atoms with Gasteiger partial charge in [0, 0.05) is 145 Å². The van der Waals surface area contributed by atoms with Crippen LogP contribution in [-0.4, -0.2) is 165 Å². The van der Waals surface area contributed by atoms with E-state index in [1.54, 1.807) is 108 Å². The molecule has 5 fully saturated rings. The van der Waals surface area contributed by atoms with Gasteiger partial charge in [0.05, 0.1) is 25.6 Å². The number of hydrogen-bond donors (Lipinski definition) is 4. The molecule has 4 aromatic heterocycles. The highest BCUT2D eigenvalue weighted by molar-refractivity contribution is 7.94. The summed E-state index contributed by atoms with van der Waals surface area (Å²) in [7, 11) is -14.9. The number of halogens is 2. The molecule has 28 nitrogen and oxygen atoms in total. The summed E-state index contributed by atoms with van der Waals surface area (Å²) < 4.78 is 137. The van der Waals surface area contributed by atoms with Crippen LogP contribution in [0, 0.1) is 18.6 Å².